The number of alkyl halides is 1. The summed E-state index contributed by atoms with van der Waals surface area (Å²) in [5, 5.41) is 3.41. The van der Waals surface area contributed by atoms with Crippen molar-refractivity contribution >= 4 is 0 Å². The maximum absolute atomic E-state index is 15.4. The lowest BCUT2D eigenvalue weighted by atomic mass is 9.81. The molecule has 0 aromatic heterocycles. The van der Waals surface area contributed by atoms with Crippen LogP contribution < -0.4 is 5.32 Å². The molecule has 0 heterocycles. The van der Waals surface area contributed by atoms with Crippen molar-refractivity contribution in [3.05, 3.63) is 71.6 Å². The van der Waals surface area contributed by atoms with Crippen LogP contribution in [0.25, 0.3) is 11.1 Å². The number of nitrogens with one attached hydrogen (secondary N) is 1. The average molecular weight is 417 g/mol. The minimum Gasteiger partial charge on any atom is -0.316 e. The molecule has 0 radical (unpaired) electrons. The van der Waals surface area contributed by atoms with Gasteiger partial charge < -0.3 is 5.32 Å². The third-order valence-electron chi connectivity index (χ3n) is 7.13. The summed E-state index contributed by atoms with van der Waals surface area (Å²) < 4.78 is 56.9. The molecule has 2 aliphatic carbocycles. The number of hydrogen-bond acceptors (Lipinski definition) is 1. The Bertz CT molecular complexity index is 943. The number of rotatable bonds is 6. The van der Waals surface area contributed by atoms with Crippen molar-refractivity contribution in [1.29, 1.82) is 0 Å². The van der Waals surface area contributed by atoms with E-state index in [0.717, 1.165) is 37.5 Å². The summed E-state index contributed by atoms with van der Waals surface area (Å²) in [7, 11) is 1.91. The predicted molar refractivity (Wildman–Crippen MR) is 111 cm³/mol. The summed E-state index contributed by atoms with van der Waals surface area (Å²) >= 11 is 0. The van der Waals surface area contributed by atoms with Gasteiger partial charge in [-0.15, -0.1) is 0 Å². The normalized spacial score (nSPS) is 25.5. The molecule has 1 nitrogen and oxygen atoms in total. The van der Waals surface area contributed by atoms with Gasteiger partial charge in [-0.05, 0) is 85.7 Å². The number of benzene rings is 2. The van der Waals surface area contributed by atoms with Gasteiger partial charge in [0.15, 0.2) is 0 Å². The molecule has 2 aromatic carbocycles. The number of allylic oxidation sites excluding steroid dienone is 1. The van der Waals surface area contributed by atoms with Crippen LogP contribution in [0.3, 0.4) is 0 Å². The van der Waals surface area contributed by atoms with Crippen LogP contribution in [0.2, 0.25) is 0 Å². The second-order valence-electron chi connectivity index (χ2n) is 8.94. The molecule has 1 N–H and O–H groups in total. The highest BCUT2D eigenvalue weighted by Crippen LogP contribution is 2.63. The molecule has 30 heavy (non-hydrogen) atoms. The van der Waals surface area contributed by atoms with Crippen molar-refractivity contribution in [3.63, 3.8) is 0 Å². The predicted octanol–water partition coefficient (Wildman–Crippen LogP) is 6.23. The average Bonchev–Trinajstić information content (AvgIpc) is 3.39. The first-order chi connectivity index (χ1) is 14.3. The van der Waals surface area contributed by atoms with Crippen molar-refractivity contribution < 1.29 is 17.6 Å². The molecular weight excluding hydrogens is 390 g/mol. The molecular formula is C25H27F4N. The van der Waals surface area contributed by atoms with Gasteiger partial charge in [-0.2, -0.15) is 0 Å². The SMILES string of the molecule is C=C(C1CC2(CC2)C(NC)[C@@H]1Cc1cccc(-c2cc(F)cc(F)c2)c1F)[C@@H](C)F. The van der Waals surface area contributed by atoms with Gasteiger partial charge in [0, 0.05) is 17.7 Å². The lowest BCUT2D eigenvalue weighted by molar-refractivity contribution is 0.302. The summed E-state index contributed by atoms with van der Waals surface area (Å²) in [4.78, 5) is 0. The Labute approximate surface area is 175 Å². The van der Waals surface area contributed by atoms with E-state index in [1.165, 1.54) is 13.0 Å². The summed E-state index contributed by atoms with van der Waals surface area (Å²) in [6.07, 6.45) is 2.35. The molecule has 2 saturated carbocycles. The quantitative estimate of drug-likeness (QED) is 0.434. The molecule has 2 aromatic rings. The zero-order valence-corrected chi connectivity index (χ0v) is 17.3. The maximum Gasteiger partial charge on any atom is 0.134 e. The van der Waals surface area contributed by atoms with E-state index < -0.39 is 23.6 Å². The summed E-state index contributed by atoms with van der Waals surface area (Å²) in [6.45, 7) is 5.52. The van der Waals surface area contributed by atoms with Crippen molar-refractivity contribution in [1.82, 2.24) is 5.32 Å². The highest BCUT2D eigenvalue weighted by molar-refractivity contribution is 5.65. The first-order valence-corrected chi connectivity index (χ1v) is 10.5. The van der Waals surface area contributed by atoms with Crippen LogP contribution in [0, 0.1) is 34.7 Å². The van der Waals surface area contributed by atoms with E-state index in [0.29, 0.717) is 17.6 Å². The van der Waals surface area contributed by atoms with Gasteiger partial charge in [0.1, 0.15) is 23.6 Å². The fraction of sp³-hybridized carbons (Fsp3) is 0.440. The van der Waals surface area contributed by atoms with Gasteiger partial charge in [-0.25, -0.2) is 17.6 Å². The molecule has 2 unspecified atom stereocenters. The highest BCUT2D eigenvalue weighted by Gasteiger charge is 2.59. The van der Waals surface area contributed by atoms with E-state index in [2.05, 4.69) is 11.9 Å². The molecule has 160 valence electrons. The molecule has 2 fully saturated rings. The fourth-order valence-corrected chi connectivity index (χ4v) is 5.48. The van der Waals surface area contributed by atoms with Gasteiger partial charge in [0.2, 0.25) is 0 Å². The fourth-order valence-electron chi connectivity index (χ4n) is 5.48. The Morgan fingerprint density at radius 2 is 1.83 bits per heavy atom. The molecule has 0 saturated heterocycles. The summed E-state index contributed by atoms with van der Waals surface area (Å²) in [6, 6.07) is 8.13. The van der Waals surface area contributed by atoms with Crippen LogP contribution in [0.1, 0.15) is 31.7 Å². The van der Waals surface area contributed by atoms with Crippen LogP contribution >= 0.6 is 0 Å². The number of halogens is 4. The van der Waals surface area contributed by atoms with Crippen LogP contribution in [0.15, 0.2) is 48.6 Å². The van der Waals surface area contributed by atoms with Crippen LogP contribution in [-0.2, 0) is 6.42 Å². The van der Waals surface area contributed by atoms with Gasteiger partial charge in [0.25, 0.3) is 0 Å². The monoisotopic (exact) mass is 417 g/mol. The van der Waals surface area contributed by atoms with E-state index in [9.17, 15) is 13.2 Å². The molecule has 5 heteroatoms. The third kappa shape index (κ3) is 3.68. The van der Waals surface area contributed by atoms with Crippen molar-refractivity contribution in [2.45, 2.75) is 44.8 Å². The zero-order valence-electron chi connectivity index (χ0n) is 17.3. The molecule has 1 spiro atoms. The van der Waals surface area contributed by atoms with Gasteiger partial charge in [-0.1, -0.05) is 24.8 Å². The Morgan fingerprint density at radius 1 is 1.17 bits per heavy atom. The largest absolute Gasteiger partial charge is 0.316 e. The minimum atomic E-state index is -1.12. The zero-order chi connectivity index (χ0) is 21.6. The summed E-state index contributed by atoms with van der Waals surface area (Å²) in [5.41, 5.74) is 1.53. The minimum absolute atomic E-state index is 0.0113. The molecule has 2 aliphatic rings. The topological polar surface area (TPSA) is 12.0 Å². The first-order valence-electron chi connectivity index (χ1n) is 10.5. The number of hydrogen-bond donors (Lipinski definition) is 1. The van der Waals surface area contributed by atoms with Crippen molar-refractivity contribution in [3.8, 4) is 11.1 Å². The van der Waals surface area contributed by atoms with E-state index in [1.54, 1.807) is 12.1 Å². The molecule has 0 amide bonds. The third-order valence-corrected chi connectivity index (χ3v) is 7.13. The Balaban J connectivity index is 1.69. The van der Waals surface area contributed by atoms with Gasteiger partial charge >= 0.3 is 0 Å². The van der Waals surface area contributed by atoms with E-state index in [-0.39, 0.29) is 34.4 Å². The lowest BCUT2D eigenvalue weighted by Crippen LogP contribution is -2.38. The Kier molecular flexibility index (Phi) is 5.52. The molecule has 0 aliphatic heterocycles. The van der Waals surface area contributed by atoms with E-state index in [4.69, 9.17) is 0 Å². The highest BCUT2D eigenvalue weighted by atomic mass is 19.1. The summed E-state index contributed by atoms with van der Waals surface area (Å²) in [5.74, 6) is -1.99. The van der Waals surface area contributed by atoms with Crippen molar-refractivity contribution in [2.24, 2.45) is 17.3 Å². The maximum atomic E-state index is 15.4. The standard InChI is InChI=1S/C25H27F4N/c1-14(15(2)26)22-13-25(7-8-25)24(30-3)21(22)11-16-5-4-6-20(23(16)29)17-9-18(27)12-19(28)10-17/h4-6,9-10,12,15,21-22,24,30H,1,7-8,11,13H2,2-3H3/t15-,21-,22?,24?/m1/s1. The smallest absolute Gasteiger partial charge is 0.134 e. The van der Waals surface area contributed by atoms with Gasteiger partial charge in [0.05, 0.1) is 0 Å². The Morgan fingerprint density at radius 3 is 2.40 bits per heavy atom. The van der Waals surface area contributed by atoms with Crippen LogP contribution in [0.5, 0.6) is 0 Å². The van der Waals surface area contributed by atoms with Crippen LogP contribution in [0.4, 0.5) is 17.6 Å². The van der Waals surface area contributed by atoms with Crippen molar-refractivity contribution in [2.75, 3.05) is 7.05 Å². The van der Waals surface area contributed by atoms with E-state index >= 15 is 4.39 Å². The Hall–Kier alpha value is -2.14. The van der Waals surface area contributed by atoms with E-state index in [1.807, 2.05) is 7.05 Å². The second kappa shape index (κ2) is 7.84. The molecule has 4 atom stereocenters. The van der Waals surface area contributed by atoms with Crippen LogP contribution in [-0.4, -0.2) is 19.3 Å². The van der Waals surface area contributed by atoms with Gasteiger partial charge in [-0.3, -0.25) is 0 Å². The molecule has 0 bridgehead atoms. The lowest BCUT2D eigenvalue weighted by Gasteiger charge is -2.28. The molecule has 4 rings (SSSR count). The first kappa shape index (κ1) is 21.1. The second-order valence-corrected chi connectivity index (χ2v) is 8.94.